The average Bonchev–Trinajstić information content (AvgIpc) is 2.73. The minimum absolute atomic E-state index is 0.376. The monoisotopic (exact) mass is 294 g/mol. The Balaban J connectivity index is 2.16. The normalized spacial score (nSPS) is 13.8. The Kier molecular flexibility index (Phi) is 4.03. The van der Waals surface area contributed by atoms with E-state index in [0.717, 1.165) is 4.68 Å². The summed E-state index contributed by atoms with van der Waals surface area (Å²) in [6.45, 7) is 0.813. The van der Waals surface area contributed by atoms with Crippen LogP contribution in [0.1, 0.15) is 6.92 Å². The maximum absolute atomic E-state index is 11.9. The van der Waals surface area contributed by atoms with Crippen LogP contribution in [0.2, 0.25) is 0 Å². The van der Waals surface area contributed by atoms with Crippen LogP contribution >= 0.6 is 0 Å². The molecular weight excluding hydrogens is 280 g/mol. The fraction of sp³-hybridized carbons (Fsp3) is 0.333. The summed E-state index contributed by atoms with van der Waals surface area (Å²) in [7, 11) is 0. The number of fused-ring (bicyclic) bond motifs is 1. The van der Waals surface area contributed by atoms with Crippen LogP contribution in [0.5, 0.6) is 0 Å². The molecule has 2 atom stereocenters. The van der Waals surface area contributed by atoms with Crippen LogP contribution < -0.4 is 11.0 Å². The summed E-state index contributed by atoms with van der Waals surface area (Å²) in [6.07, 6.45) is 0.249. The molecule has 0 radical (unpaired) electrons. The lowest BCUT2D eigenvalue weighted by Gasteiger charge is -2.16. The number of hydrogen-bond donors (Lipinski definition) is 3. The van der Waals surface area contributed by atoms with E-state index in [0.29, 0.717) is 5.65 Å². The van der Waals surface area contributed by atoms with E-state index in [2.05, 4.69) is 10.4 Å². The fourth-order valence-electron chi connectivity index (χ4n) is 1.81. The number of aliphatic hydroxyl groups excluding tert-OH is 1. The first-order chi connectivity index (χ1) is 9.90. The van der Waals surface area contributed by atoms with Crippen molar-refractivity contribution in [2.75, 3.05) is 0 Å². The van der Waals surface area contributed by atoms with Gasteiger partial charge in [-0.2, -0.15) is 0 Å². The molecule has 9 heteroatoms. The zero-order valence-corrected chi connectivity index (χ0v) is 11.1. The van der Waals surface area contributed by atoms with Crippen molar-refractivity contribution in [1.29, 1.82) is 0 Å². The van der Waals surface area contributed by atoms with Crippen LogP contribution in [0.3, 0.4) is 0 Å². The van der Waals surface area contributed by atoms with Gasteiger partial charge in [-0.1, -0.05) is 6.07 Å². The largest absolute Gasteiger partial charge is 0.480 e. The Morgan fingerprint density at radius 3 is 2.71 bits per heavy atom. The summed E-state index contributed by atoms with van der Waals surface area (Å²) in [4.78, 5) is 34.6. The Morgan fingerprint density at radius 2 is 2.14 bits per heavy atom. The first-order valence-electron chi connectivity index (χ1n) is 6.14. The van der Waals surface area contributed by atoms with Crippen molar-refractivity contribution in [2.45, 2.75) is 25.6 Å². The third-order valence-corrected chi connectivity index (χ3v) is 2.85. The molecule has 0 saturated carbocycles. The van der Waals surface area contributed by atoms with Gasteiger partial charge in [0.2, 0.25) is 5.91 Å². The van der Waals surface area contributed by atoms with Gasteiger partial charge in [-0.25, -0.2) is 14.3 Å². The Morgan fingerprint density at radius 1 is 1.43 bits per heavy atom. The number of carboxylic acid groups (broad SMARTS) is 1. The minimum atomic E-state index is -1.44. The Bertz CT molecular complexity index is 733. The van der Waals surface area contributed by atoms with Crippen LogP contribution in [0.15, 0.2) is 29.2 Å². The molecule has 2 heterocycles. The average molecular weight is 294 g/mol. The van der Waals surface area contributed by atoms with Crippen LogP contribution in [-0.4, -0.2) is 48.4 Å². The smallest absolute Gasteiger partial charge is 0.350 e. The highest BCUT2D eigenvalue weighted by Crippen LogP contribution is 1.96. The Labute approximate surface area is 118 Å². The molecule has 2 aromatic heterocycles. The van der Waals surface area contributed by atoms with E-state index >= 15 is 0 Å². The number of rotatable bonds is 5. The summed E-state index contributed by atoms with van der Waals surface area (Å²) >= 11 is 0. The number of amides is 1. The lowest BCUT2D eigenvalue weighted by Crippen LogP contribution is -2.49. The van der Waals surface area contributed by atoms with Gasteiger partial charge in [0.05, 0.1) is 6.10 Å². The molecule has 3 N–H and O–H groups in total. The van der Waals surface area contributed by atoms with Gasteiger partial charge >= 0.3 is 11.7 Å². The molecule has 0 aliphatic heterocycles. The molecule has 0 aliphatic rings. The molecule has 0 saturated heterocycles. The number of nitrogens with zero attached hydrogens (tertiary/aromatic N) is 3. The molecule has 0 aliphatic carbocycles. The van der Waals surface area contributed by atoms with Gasteiger partial charge in [0, 0.05) is 6.20 Å². The topological polar surface area (TPSA) is 126 Å². The van der Waals surface area contributed by atoms with Gasteiger partial charge in [-0.05, 0) is 19.1 Å². The second kappa shape index (κ2) is 5.75. The van der Waals surface area contributed by atoms with Crippen molar-refractivity contribution in [3.8, 4) is 0 Å². The highest BCUT2D eigenvalue weighted by molar-refractivity contribution is 5.83. The van der Waals surface area contributed by atoms with Gasteiger partial charge in [0.1, 0.15) is 6.54 Å². The van der Waals surface area contributed by atoms with Crippen molar-refractivity contribution in [1.82, 2.24) is 19.5 Å². The molecule has 2 rings (SSSR count). The highest BCUT2D eigenvalue weighted by Gasteiger charge is 2.25. The van der Waals surface area contributed by atoms with Gasteiger partial charge in [0.25, 0.3) is 0 Å². The van der Waals surface area contributed by atoms with E-state index < -0.39 is 36.3 Å². The third kappa shape index (κ3) is 3.08. The van der Waals surface area contributed by atoms with Crippen LogP contribution in [-0.2, 0) is 16.1 Å². The molecule has 0 aromatic carbocycles. The molecule has 21 heavy (non-hydrogen) atoms. The van der Waals surface area contributed by atoms with E-state index in [1.54, 1.807) is 18.2 Å². The number of aromatic nitrogens is 3. The summed E-state index contributed by atoms with van der Waals surface area (Å²) < 4.78 is 2.18. The molecule has 1 amide bonds. The molecule has 9 nitrogen and oxygen atoms in total. The number of pyridine rings is 1. The lowest BCUT2D eigenvalue weighted by atomic mass is 10.2. The van der Waals surface area contributed by atoms with Crippen molar-refractivity contribution in [2.24, 2.45) is 0 Å². The maximum atomic E-state index is 11.9. The third-order valence-electron chi connectivity index (χ3n) is 2.85. The summed E-state index contributed by atoms with van der Waals surface area (Å²) in [5.74, 6) is -2.09. The summed E-state index contributed by atoms with van der Waals surface area (Å²) in [5.41, 5.74) is -0.134. The molecule has 0 fully saturated rings. The first-order valence-corrected chi connectivity index (χ1v) is 6.14. The standard InChI is InChI=1S/C12H14N4O5/c1-7(17)10(11(19)20)13-9(18)6-16-12(21)15-5-3-2-4-8(15)14-16/h2-5,7,10,17H,6H2,1H3,(H,13,18)(H,19,20)/t7-,10+/m1/s1. The maximum Gasteiger partial charge on any atom is 0.350 e. The van der Waals surface area contributed by atoms with Gasteiger partial charge < -0.3 is 15.5 Å². The second-order valence-corrected chi connectivity index (χ2v) is 4.49. The number of hydrogen-bond acceptors (Lipinski definition) is 5. The molecule has 112 valence electrons. The molecule has 0 spiro atoms. The number of aliphatic hydroxyl groups is 1. The van der Waals surface area contributed by atoms with Crippen molar-refractivity contribution >= 4 is 17.5 Å². The lowest BCUT2D eigenvalue weighted by molar-refractivity contribution is -0.144. The van der Waals surface area contributed by atoms with Crippen LogP contribution in [0.25, 0.3) is 5.65 Å². The van der Waals surface area contributed by atoms with E-state index in [1.165, 1.54) is 17.5 Å². The summed E-state index contributed by atoms with van der Waals surface area (Å²) in [5, 5.41) is 24.2. The number of carbonyl (C=O) groups is 2. The van der Waals surface area contributed by atoms with Crippen LogP contribution in [0.4, 0.5) is 0 Å². The Hall–Kier alpha value is -2.68. The van der Waals surface area contributed by atoms with E-state index in [1.807, 2.05) is 0 Å². The second-order valence-electron chi connectivity index (χ2n) is 4.49. The first kappa shape index (κ1) is 14.7. The van der Waals surface area contributed by atoms with E-state index in [-0.39, 0.29) is 0 Å². The van der Waals surface area contributed by atoms with E-state index in [4.69, 9.17) is 5.11 Å². The van der Waals surface area contributed by atoms with Crippen molar-refractivity contribution < 1.29 is 19.8 Å². The molecular formula is C12H14N4O5. The van der Waals surface area contributed by atoms with Gasteiger partial charge in [-0.3, -0.25) is 9.20 Å². The van der Waals surface area contributed by atoms with Crippen molar-refractivity contribution in [3.05, 3.63) is 34.9 Å². The fourth-order valence-corrected chi connectivity index (χ4v) is 1.81. The van der Waals surface area contributed by atoms with Gasteiger partial charge in [0.15, 0.2) is 11.7 Å². The minimum Gasteiger partial charge on any atom is -0.480 e. The predicted octanol–water partition coefficient (Wildman–Crippen LogP) is -1.55. The quantitative estimate of drug-likeness (QED) is 0.612. The number of carboxylic acids is 1. The summed E-state index contributed by atoms with van der Waals surface area (Å²) in [6, 6.07) is 3.50. The molecule has 0 unspecified atom stereocenters. The van der Waals surface area contributed by atoms with E-state index in [9.17, 15) is 19.5 Å². The number of carbonyl (C=O) groups excluding carboxylic acids is 1. The van der Waals surface area contributed by atoms with Gasteiger partial charge in [-0.15, -0.1) is 5.10 Å². The zero-order valence-electron chi connectivity index (χ0n) is 11.1. The van der Waals surface area contributed by atoms with Crippen molar-refractivity contribution in [3.63, 3.8) is 0 Å². The molecule has 0 bridgehead atoms. The number of nitrogens with one attached hydrogen (secondary N) is 1. The number of aliphatic carboxylic acids is 1. The zero-order chi connectivity index (χ0) is 15.6. The highest BCUT2D eigenvalue weighted by atomic mass is 16.4. The predicted molar refractivity (Wildman–Crippen MR) is 70.7 cm³/mol. The van der Waals surface area contributed by atoms with Crippen LogP contribution in [0, 0.1) is 0 Å². The molecule has 2 aromatic rings. The SMILES string of the molecule is C[C@@H](O)[C@H](NC(=O)Cn1nc2ccccn2c1=O)C(=O)O.